The lowest BCUT2D eigenvalue weighted by Crippen LogP contribution is -2.31. The van der Waals surface area contributed by atoms with E-state index in [-0.39, 0.29) is 16.3 Å². The van der Waals surface area contributed by atoms with Gasteiger partial charge in [-0.2, -0.15) is 0 Å². The van der Waals surface area contributed by atoms with E-state index < -0.39 is 14.9 Å². The molecule has 1 unspecified atom stereocenters. The molecule has 0 aromatic heterocycles. The van der Waals surface area contributed by atoms with Gasteiger partial charge >= 0.3 is 0 Å². The molecule has 3 rings (SSSR count). The van der Waals surface area contributed by atoms with Crippen molar-refractivity contribution in [2.24, 2.45) is 5.92 Å². The molecule has 132 valence electrons. The van der Waals surface area contributed by atoms with Crippen LogP contribution in [0.2, 0.25) is 0 Å². The van der Waals surface area contributed by atoms with Gasteiger partial charge in [-0.15, -0.1) is 0 Å². The maximum atomic E-state index is 12.5. The van der Waals surface area contributed by atoms with Crippen molar-refractivity contribution >= 4 is 15.7 Å². The molecule has 1 N–H and O–H groups in total. The first-order chi connectivity index (χ1) is 11.4. The van der Waals surface area contributed by atoms with E-state index in [4.69, 9.17) is 4.74 Å². The third-order valence-corrected chi connectivity index (χ3v) is 6.05. The van der Waals surface area contributed by atoms with E-state index in [1.807, 2.05) is 0 Å². The Hall–Kier alpha value is -1.71. The number of sulfonamides is 1. The second-order valence-electron chi connectivity index (χ2n) is 6.32. The molecule has 24 heavy (non-hydrogen) atoms. The third kappa shape index (κ3) is 3.68. The van der Waals surface area contributed by atoms with Crippen LogP contribution >= 0.6 is 0 Å². The molecule has 1 saturated heterocycles. The Morgan fingerprint density at radius 3 is 2.75 bits per heavy atom. The second kappa shape index (κ2) is 6.66. The minimum absolute atomic E-state index is 0.0253. The van der Waals surface area contributed by atoms with Crippen LogP contribution in [0.15, 0.2) is 23.1 Å². The van der Waals surface area contributed by atoms with Gasteiger partial charge in [-0.05, 0) is 37.8 Å². The van der Waals surface area contributed by atoms with Crippen LogP contribution in [-0.4, -0.2) is 51.0 Å². The van der Waals surface area contributed by atoms with E-state index in [2.05, 4.69) is 9.62 Å². The van der Waals surface area contributed by atoms with Crippen molar-refractivity contribution in [3.8, 4) is 5.75 Å². The fraction of sp³-hybridized carbons (Fsp3) is 0.600. The minimum atomic E-state index is -3.77. The van der Waals surface area contributed by atoms with E-state index in [0.717, 1.165) is 25.6 Å². The Morgan fingerprint density at radius 2 is 2.12 bits per heavy atom. The van der Waals surface area contributed by atoms with Crippen molar-refractivity contribution in [2.45, 2.75) is 30.2 Å². The van der Waals surface area contributed by atoms with Gasteiger partial charge in [0, 0.05) is 25.2 Å². The van der Waals surface area contributed by atoms with Crippen LogP contribution in [0.3, 0.4) is 0 Å². The standard InChI is InChI=1S/C15H21N3O5S/c1-23-14-8-13(18(19)20)4-5-15(14)24(21,22)16-9-11-6-7-17(10-11)12-2-3-12/h4-5,8,11-12,16H,2-3,6-7,9-10H2,1H3. The lowest BCUT2D eigenvalue weighted by molar-refractivity contribution is -0.385. The SMILES string of the molecule is COc1cc([N+](=O)[O-])ccc1S(=O)(=O)NCC1CCN(C2CC2)C1. The number of nitro groups is 1. The molecule has 2 fully saturated rings. The number of hydrogen-bond acceptors (Lipinski definition) is 6. The average molecular weight is 355 g/mol. The molecular formula is C15H21N3O5S. The maximum absolute atomic E-state index is 12.5. The number of hydrogen-bond donors (Lipinski definition) is 1. The number of likely N-dealkylation sites (tertiary alicyclic amines) is 1. The zero-order chi connectivity index (χ0) is 17.3. The summed E-state index contributed by atoms with van der Waals surface area (Å²) in [5.41, 5.74) is -0.207. The molecule has 9 heteroatoms. The fourth-order valence-corrected chi connectivity index (χ4v) is 4.36. The van der Waals surface area contributed by atoms with Gasteiger partial charge in [-0.1, -0.05) is 0 Å². The van der Waals surface area contributed by atoms with Gasteiger partial charge in [0.2, 0.25) is 10.0 Å². The second-order valence-corrected chi connectivity index (χ2v) is 8.06. The normalized spacial score (nSPS) is 21.8. The molecule has 2 aliphatic rings. The number of ether oxygens (including phenoxy) is 1. The van der Waals surface area contributed by atoms with Crippen molar-refractivity contribution in [2.75, 3.05) is 26.7 Å². The highest BCUT2D eigenvalue weighted by molar-refractivity contribution is 7.89. The topological polar surface area (TPSA) is 102 Å². The van der Waals surface area contributed by atoms with E-state index in [0.29, 0.717) is 18.5 Å². The summed E-state index contributed by atoms with van der Waals surface area (Å²) in [6.45, 7) is 2.31. The number of benzene rings is 1. The van der Waals surface area contributed by atoms with E-state index >= 15 is 0 Å². The van der Waals surface area contributed by atoms with Crippen molar-refractivity contribution in [3.05, 3.63) is 28.3 Å². The molecule has 8 nitrogen and oxygen atoms in total. The lowest BCUT2D eigenvalue weighted by Gasteiger charge is -2.16. The number of non-ortho nitro benzene ring substituents is 1. The Balaban J connectivity index is 1.67. The average Bonchev–Trinajstić information content (AvgIpc) is 3.30. The fourth-order valence-electron chi connectivity index (χ4n) is 3.10. The Bertz CT molecular complexity index is 733. The van der Waals surface area contributed by atoms with Gasteiger partial charge in [-0.25, -0.2) is 13.1 Å². The van der Waals surface area contributed by atoms with Crippen molar-refractivity contribution < 1.29 is 18.1 Å². The molecule has 0 spiro atoms. The Morgan fingerprint density at radius 1 is 1.38 bits per heavy atom. The summed E-state index contributed by atoms with van der Waals surface area (Å²) in [5, 5.41) is 10.8. The molecule has 1 atom stereocenters. The van der Waals surface area contributed by atoms with Crippen LogP contribution in [0.5, 0.6) is 5.75 Å². The summed E-state index contributed by atoms with van der Waals surface area (Å²) in [6, 6.07) is 4.20. The highest BCUT2D eigenvalue weighted by Crippen LogP contribution is 2.32. The highest BCUT2D eigenvalue weighted by atomic mass is 32.2. The lowest BCUT2D eigenvalue weighted by atomic mass is 10.1. The Labute approximate surface area is 141 Å². The quantitative estimate of drug-likeness (QED) is 0.585. The molecule has 1 saturated carbocycles. The zero-order valence-corrected chi connectivity index (χ0v) is 14.3. The number of nitro benzene ring substituents is 1. The molecule has 0 bridgehead atoms. The third-order valence-electron chi connectivity index (χ3n) is 4.59. The maximum Gasteiger partial charge on any atom is 0.273 e. The first kappa shape index (κ1) is 17.1. The molecule has 0 amide bonds. The summed E-state index contributed by atoms with van der Waals surface area (Å²) in [7, 11) is -2.48. The van der Waals surface area contributed by atoms with Gasteiger partial charge in [-0.3, -0.25) is 10.1 Å². The molecule has 0 radical (unpaired) electrons. The van der Waals surface area contributed by atoms with Crippen LogP contribution in [-0.2, 0) is 10.0 Å². The van der Waals surface area contributed by atoms with Crippen molar-refractivity contribution in [1.82, 2.24) is 9.62 Å². The number of nitrogens with one attached hydrogen (secondary N) is 1. The summed E-state index contributed by atoms with van der Waals surface area (Å²) in [5.74, 6) is 0.271. The smallest absolute Gasteiger partial charge is 0.273 e. The molecule has 1 aromatic carbocycles. The van der Waals surface area contributed by atoms with Gasteiger partial charge in [0.25, 0.3) is 5.69 Å². The van der Waals surface area contributed by atoms with E-state index in [9.17, 15) is 18.5 Å². The minimum Gasteiger partial charge on any atom is -0.495 e. The van der Waals surface area contributed by atoms with Gasteiger partial charge in [0.15, 0.2) is 0 Å². The summed E-state index contributed by atoms with van der Waals surface area (Å²) < 4.78 is 32.6. The number of methoxy groups -OCH3 is 1. The number of nitrogens with zero attached hydrogens (tertiary/aromatic N) is 2. The first-order valence-electron chi connectivity index (χ1n) is 7.97. The van der Waals surface area contributed by atoms with E-state index in [1.54, 1.807) is 0 Å². The summed E-state index contributed by atoms with van der Waals surface area (Å²) >= 11 is 0. The molecular weight excluding hydrogens is 334 g/mol. The van der Waals surface area contributed by atoms with Crippen LogP contribution in [0.1, 0.15) is 19.3 Å². The monoisotopic (exact) mass is 355 g/mol. The predicted molar refractivity (Wildman–Crippen MR) is 87.5 cm³/mol. The van der Waals surface area contributed by atoms with Crippen LogP contribution in [0.4, 0.5) is 5.69 Å². The van der Waals surface area contributed by atoms with Crippen molar-refractivity contribution in [3.63, 3.8) is 0 Å². The summed E-state index contributed by atoms with van der Waals surface area (Å²) in [6.07, 6.45) is 3.48. The molecule has 1 aromatic rings. The zero-order valence-electron chi connectivity index (χ0n) is 13.5. The van der Waals surface area contributed by atoms with Gasteiger partial charge in [0.1, 0.15) is 10.6 Å². The molecule has 1 heterocycles. The van der Waals surface area contributed by atoms with Crippen LogP contribution in [0, 0.1) is 16.0 Å². The van der Waals surface area contributed by atoms with Gasteiger partial charge < -0.3 is 9.64 Å². The highest BCUT2D eigenvalue weighted by Gasteiger charge is 2.34. The van der Waals surface area contributed by atoms with Crippen molar-refractivity contribution in [1.29, 1.82) is 0 Å². The van der Waals surface area contributed by atoms with Crippen LogP contribution < -0.4 is 9.46 Å². The molecule has 1 aliphatic heterocycles. The Kier molecular flexibility index (Phi) is 4.75. The number of rotatable bonds is 7. The summed E-state index contributed by atoms with van der Waals surface area (Å²) in [4.78, 5) is 12.6. The van der Waals surface area contributed by atoms with Crippen LogP contribution in [0.25, 0.3) is 0 Å². The first-order valence-corrected chi connectivity index (χ1v) is 9.45. The van der Waals surface area contributed by atoms with E-state index in [1.165, 1.54) is 32.1 Å². The van der Waals surface area contributed by atoms with Gasteiger partial charge in [0.05, 0.1) is 18.1 Å². The molecule has 1 aliphatic carbocycles. The largest absolute Gasteiger partial charge is 0.495 e. The predicted octanol–water partition coefficient (Wildman–Crippen LogP) is 1.37.